The van der Waals surface area contributed by atoms with E-state index in [2.05, 4.69) is 10.6 Å². The first-order chi connectivity index (χ1) is 34.0. The smallest absolute Gasteiger partial charge is 0.409 e. The molecule has 2 N–H and O–H groups in total. The standard InChI is InChI=1S/C50H74N10O13/c1-49(2,3)72-46(68)51-22-24-60(25-23-52-47(69)73-50(4,5)6)45(67)32-58(12)43(65)30-56(10)41(63)28-54(8)39(61)26-53(7)40(62)27-55(9)42(64)29-57(11)44(66)31-59(13)48(70)71-33-38-36-20-16-14-18-34(36)35-19-15-17-21-37(35)38/h14-21,38H,22-33H2,1-13H3,(H,51,68)(H,52,69). The van der Waals surface area contributed by atoms with Gasteiger partial charge in [0.2, 0.25) is 41.4 Å². The van der Waals surface area contributed by atoms with E-state index in [-0.39, 0.29) is 45.2 Å². The highest BCUT2D eigenvalue weighted by atomic mass is 16.6. The molecule has 1 aliphatic rings. The number of rotatable bonds is 22. The summed E-state index contributed by atoms with van der Waals surface area (Å²) in [6.45, 7) is 7.37. The van der Waals surface area contributed by atoms with Crippen LogP contribution in [0, 0.1) is 0 Å². The molecule has 0 aromatic heterocycles. The number of nitrogens with zero attached hydrogens (tertiary/aromatic N) is 8. The first-order valence-corrected chi connectivity index (χ1v) is 23.7. The van der Waals surface area contributed by atoms with Crippen molar-refractivity contribution in [2.45, 2.75) is 58.7 Å². The van der Waals surface area contributed by atoms with Gasteiger partial charge in [-0.15, -0.1) is 0 Å². The second-order valence-electron chi connectivity index (χ2n) is 19.9. The Hall–Kier alpha value is -7.46. The molecule has 2 aromatic rings. The van der Waals surface area contributed by atoms with Gasteiger partial charge in [-0.2, -0.15) is 0 Å². The number of carbonyl (C=O) groups is 10. The number of likely N-dealkylation sites (N-methyl/N-ethyl adjacent to an activating group) is 7. The Bertz CT molecular complexity index is 2250. The molecule has 0 fully saturated rings. The Morgan fingerprint density at radius 3 is 1.04 bits per heavy atom. The zero-order chi connectivity index (χ0) is 55.0. The fraction of sp³-hybridized carbons (Fsp3) is 0.560. The van der Waals surface area contributed by atoms with Gasteiger partial charge in [0.15, 0.2) is 0 Å². The molecule has 2 aromatic carbocycles. The highest BCUT2D eigenvalue weighted by Gasteiger charge is 2.31. The fourth-order valence-electron chi connectivity index (χ4n) is 7.12. The van der Waals surface area contributed by atoms with Gasteiger partial charge in [-0.1, -0.05) is 48.5 Å². The summed E-state index contributed by atoms with van der Waals surface area (Å²) >= 11 is 0. The second-order valence-corrected chi connectivity index (χ2v) is 19.9. The molecule has 0 saturated carbocycles. The van der Waals surface area contributed by atoms with Gasteiger partial charge in [0.25, 0.3) is 0 Å². The van der Waals surface area contributed by atoms with Gasteiger partial charge < -0.3 is 64.0 Å². The lowest BCUT2D eigenvalue weighted by molar-refractivity contribution is -0.146. The maximum atomic E-state index is 13.4. The third kappa shape index (κ3) is 19.6. The van der Waals surface area contributed by atoms with Crippen molar-refractivity contribution in [3.05, 3.63) is 59.7 Å². The molecule has 0 bridgehead atoms. The third-order valence-corrected chi connectivity index (χ3v) is 11.3. The van der Waals surface area contributed by atoms with Gasteiger partial charge in [0.05, 0.1) is 39.3 Å². The maximum Gasteiger partial charge on any atom is 0.409 e. The van der Waals surface area contributed by atoms with Crippen LogP contribution < -0.4 is 10.6 Å². The van der Waals surface area contributed by atoms with Crippen molar-refractivity contribution < 1.29 is 62.2 Å². The molecule has 0 atom stereocenters. The largest absolute Gasteiger partial charge is 0.448 e. The van der Waals surface area contributed by atoms with E-state index in [4.69, 9.17) is 14.2 Å². The van der Waals surface area contributed by atoms with Crippen LogP contribution in [0.5, 0.6) is 0 Å². The van der Waals surface area contributed by atoms with E-state index in [0.717, 1.165) is 56.6 Å². The van der Waals surface area contributed by atoms with Crippen molar-refractivity contribution in [2.24, 2.45) is 0 Å². The van der Waals surface area contributed by atoms with Crippen LogP contribution in [0.1, 0.15) is 58.6 Å². The normalized spacial score (nSPS) is 11.7. The van der Waals surface area contributed by atoms with E-state index in [1.165, 1.54) is 54.2 Å². The van der Waals surface area contributed by atoms with Crippen molar-refractivity contribution in [3.63, 3.8) is 0 Å². The Morgan fingerprint density at radius 2 is 0.726 bits per heavy atom. The Kier molecular flexibility index (Phi) is 22.0. The minimum atomic E-state index is -0.745. The molecular formula is C50H74N10O13. The number of hydrogen-bond donors (Lipinski definition) is 2. The van der Waals surface area contributed by atoms with Crippen molar-refractivity contribution in [1.29, 1.82) is 0 Å². The molecule has 23 nitrogen and oxygen atoms in total. The van der Waals surface area contributed by atoms with Crippen LogP contribution in [-0.4, -0.2) is 238 Å². The van der Waals surface area contributed by atoms with E-state index < -0.39 is 110 Å². The first-order valence-electron chi connectivity index (χ1n) is 23.7. The summed E-state index contributed by atoms with van der Waals surface area (Å²) in [5.74, 6) is -4.25. The number of ether oxygens (including phenoxy) is 3. The molecule has 0 spiro atoms. The number of hydrogen-bond acceptors (Lipinski definition) is 13. The molecule has 73 heavy (non-hydrogen) atoms. The number of alkyl carbamates (subject to hydrolysis) is 2. The quantitative estimate of drug-likeness (QED) is 0.159. The molecule has 10 amide bonds. The molecule has 3 rings (SSSR count). The fourth-order valence-corrected chi connectivity index (χ4v) is 7.12. The van der Waals surface area contributed by atoms with E-state index >= 15 is 0 Å². The highest BCUT2D eigenvalue weighted by Crippen LogP contribution is 2.44. The summed E-state index contributed by atoms with van der Waals surface area (Å²) in [7, 11) is 9.58. The monoisotopic (exact) mass is 1020 g/mol. The lowest BCUT2D eigenvalue weighted by Crippen LogP contribution is -2.50. The Balaban J connectivity index is 1.42. The summed E-state index contributed by atoms with van der Waals surface area (Å²) in [4.78, 5) is 138. The third-order valence-electron chi connectivity index (χ3n) is 11.3. The lowest BCUT2D eigenvalue weighted by atomic mass is 9.98. The molecular weight excluding hydrogens is 949 g/mol. The van der Waals surface area contributed by atoms with Gasteiger partial charge in [0.1, 0.15) is 24.4 Å². The summed E-state index contributed by atoms with van der Waals surface area (Å²) in [5, 5.41) is 5.14. The van der Waals surface area contributed by atoms with Crippen LogP contribution in [0.3, 0.4) is 0 Å². The SMILES string of the molecule is CN(CC(=O)N(C)CC(=O)N(C)CC(=O)N(C)CC(=O)N(CCNC(=O)OC(C)(C)C)CCNC(=O)OC(C)(C)C)C(=O)CN(C)C(=O)CN(C)C(=O)CN(C)C(=O)OCC1c2ccccc2-c2ccccc21. The van der Waals surface area contributed by atoms with E-state index in [0.29, 0.717) is 0 Å². The molecule has 0 aliphatic heterocycles. The summed E-state index contributed by atoms with van der Waals surface area (Å²) in [6.07, 6.45) is -2.09. The van der Waals surface area contributed by atoms with Gasteiger partial charge in [0, 0.05) is 81.4 Å². The minimum absolute atomic E-state index is 0.00595. The minimum Gasteiger partial charge on any atom is -0.448 e. The van der Waals surface area contributed by atoms with E-state index in [1.807, 2.05) is 48.5 Å². The molecule has 1 aliphatic carbocycles. The number of fused-ring (bicyclic) bond motifs is 3. The lowest BCUT2D eigenvalue weighted by Gasteiger charge is -2.28. The number of benzene rings is 2. The average molecular weight is 1020 g/mol. The van der Waals surface area contributed by atoms with Crippen LogP contribution in [0.25, 0.3) is 11.1 Å². The predicted octanol–water partition coefficient (Wildman–Crippen LogP) is 1.50. The first kappa shape index (κ1) is 59.8. The van der Waals surface area contributed by atoms with Crippen LogP contribution in [0.4, 0.5) is 14.4 Å². The van der Waals surface area contributed by atoms with Crippen molar-refractivity contribution in [3.8, 4) is 11.1 Å². The summed E-state index contributed by atoms with van der Waals surface area (Å²) in [6, 6.07) is 15.8. The van der Waals surface area contributed by atoms with Crippen LogP contribution >= 0.6 is 0 Å². The zero-order valence-corrected chi connectivity index (χ0v) is 44.6. The zero-order valence-electron chi connectivity index (χ0n) is 44.6. The van der Waals surface area contributed by atoms with Gasteiger partial charge in [-0.25, -0.2) is 14.4 Å². The van der Waals surface area contributed by atoms with Crippen LogP contribution in [0.2, 0.25) is 0 Å². The number of nitrogens with one attached hydrogen (secondary N) is 2. The molecule has 402 valence electrons. The van der Waals surface area contributed by atoms with E-state index in [1.54, 1.807) is 41.5 Å². The van der Waals surface area contributed by atoms with Crippen LogP contribution in [0.15, 0.2) is 48.5 Å². The van der Waals surface area contributed by atoms with Crippen molar-refractivity contribution >= 4 is 59.6 Å². The Labute approximate surface area is 427 Å². The maximum absolute atomic E-state index is 13.4. The van der Waals surface area contributed by atoms with Gasteiger partial charge in [-0.05, 0) is 63.8 Å². The van der Waals surface area contributed by atoms with Crippen LogP contribution in [-0.2, 0) is 47.8 Å². The second kappa shape index (κ2) is 26.8. The molecule has 0 heterocycles. The molecule has 0 saturated heterocycles. The summed E-state index contributed by atoms with van der Waals surface area (Å²) < 4.78 is 16.1. The van der Waals surface area contributed by atoms with Crippen molar-refractivity contribution in [2.75, 3.05) is 128 Å². The highest BCUT2D eigenvalue weighted by molar-refractivity contribution is 5.93. The summed E-state index contributed by atoms with van der Waals surface area (Å²) in [5.41, 5.74) is 2.75. The average Bonchev–Trinajstić information content (AvgIpc) is 3.61. The molecule has 0 unspecified atom stereocenters. The number of amides is 10. The predicted molar refractivity (Wildman–Crippen MR) is 269 cm³/mol. The van der Waals surface area contributed by atoms with Gasteiger partial charge in [-0.3, -0.25) is 33.6 Å². The topological polar surface area (TPSA) is 248 Å². The Morgan fingerprint density at radius 1 is 0.438 bits per heavy atom. The molecule has 0 radical (unpaired) electrons. The van der Waals surface area contributed by atoms with Gasteiger partial charge >= 0.3 is 18.3 Å². The number of carbonyl (C=O) groups excluding carboxylic acids is 10. The van der Waals surface area contributed by atoms with E-state index in [9.17, 15) is 47.9 Å². The van der Waals surface area contributed by atoms with Crippen molar-refractivity contribution in [1.82, 2.24) is 49.8 Å². The molecule has 23 heteroatoms.